The van der Waals surface area contributed by atoms with Gasteiger partial charge in [-0.05, 0) is 0 Å². The molecule has 0 spiro atoms. The summed E-state index contributed by atoms with van der Waals surface area (Å²) in [5.74, 6) is -0.922. The van der Waals surface area contributed by atoms with Gasteiger partial charge in [-0.15, -0.1) is 0 Å². The maximum absolute atomic E-state index is 10.2. The smallest absolute Gasteiger partial charge is 0.458 e. The molecular formula is C6H9BO4. The van der Waals surface area contributed by atoms with Crippen LogP contribution in [0.3, 0.4) is 0 Å². The Balaban J connectivity index is 2.40. The molecule has 1 aliphatic heterocycles. The van der Waals surface area contributed by atoms with Crippen LogP contribution in [0, 0.1) is 0 Å². The van der Waals surface area contributed by atoms with Gasteiger partial charge in [-0.3, -0.25) is 4.79 Å². The number of rotatable bonds is 2. The molecule has 0 saturated heterocycles. The van der Waals surface area contributed by atoms with E-state index in [1.54, 1.807) is 12.2 Å². The predicted octanol–water partition coefficient (Wildman–Crippen LogP) is -0.103. The van der Waals surface area contributed by atoms with E-state index in [1.165, 1.54) is 0 Å². The van der Waals surface area contributed by atoms with Crippen LogP contribution in [-0.2, 0) is 9.45 Å². The van der Waals surface area contributed by atoms with Crippen molar-refractivity contribution < 1.29 is 19.6 Å². The summed E-state index contributed by atoms with van der Waals surface area (Å²) in [6.45, 7) is 0. The maximum Gasteiger partial charge on any atom is 0.458 e. The van der Waals surface area contributed by atoms with E-state index in [1.807, 2.05) is 0 Å². The molecule has 11 heavy (non-hydrogen) atoms. The second-order valence-corrected chi connectivity index (χ2v) is 2.39. The average molecular weight is 156 g/mol. The number of carbonyl (C=O) groups is 1. The maximum atomic E-state index is 10.2. The molecule has 0 aromatic heterocycles. The summed E-state index contributed by atoms with van der Waals surface area (Å²) in [7, 11) is -0.843. The van der Waals surface area contributed by atoms with Crippen molar-refractivity contribution in [1.82, 2.24) is 0 Å². The summed E-state index contributed by atoms with van der Waals surface area (Å²) < 4.78 is 4.88. The minimum Gasteiger partial charge on any atom is -0.481 e. The number of allylic oxidation sites excluding steroid dienone is 1. The van der Waals surface area contributed by atoms with E-state index in [0.717, 1.165) is 0 Å². The normalized spacial score (nSPS) is 23.7. The first-order chi connectivity index (χ1) is 5.18. The standard InChI is InChI=1S/C6H9BO4/c8-6(9)4-5-2-1-3-7(10)11-5/h1-2,5,10H,3-4H2,(H,8,9). The molecule has 0 radical (unpaired) electrons. The molecule has 0 saturated carbocycles. The summed E-state index contributed by atoms with van der Waals surface area (Å²) in [6, 6.07) is 0. The number of hydrogen-bond acceptors (Lipinski definition) is 3. The van der Waals surface area contributed by atoms with Crippen LogP contribution in [0.4, 0.5) is 0 Å². The van der Waals surface area contributed by atoms with Crippen molar-refractivity contribution in [3.8, 4) is 0 Å². The summed E-state index contributed by atoms with van der Waals surface area (Å²) >= 11 is 0. The molecule has 0 aliphatic carbocycles. The fourth-order valence-corrected chi connectivity index (χ4v) is 0.938. The van der Waals surface area contributed by atoms with Gasteiger partial charge in [-0.25, -0.2) is 0 Å². The van der Waals surface area contributed by atoms with Gasteiger partial charge in [0.25, 0.3) is 0 Å². The molecule has 0 aromatic carbocycles. The fraction of sp³-hybridized carbons (Fsp3) is 0.500. The Morgan fingerprint density at radius 2 is 2.55 bits per heavy atom. The van der Waals surface area contributed by atoms with Crippen molar-refractivity contribution in [3.63, 3.8) is 0 Å². The van der Waals surface area contributed by atoms with Crippen molar-refractivity contribution >= 4 is 13.1 Å². The zero-order chi connectivity index (χ0) is 8.27. The third-order valence-corrected chi connectivity index (χ3v) is 1.40. The Morgan fingerprint density at radius 3 is 3.09 bits per heavy atom. The molecule has 1 rings (SSSR count). The number of aliphatic carboxylic acids is 1. The zero-order valence-corrected chi connectivity index (χ0v) is 5.93. The SMILES string of the molecule is O=C(O)CC1C=CCB(O)O1. The fourth-order valence-electron chi connectivity index (χ4n) is 0.938. The van der Waals surface area contributed by atoms with Crippen molar-refractivity contribution in [2.75, 3.05) is 0 Å². The monoisotopic (exact) mass is 156 g/mol. The van der Waals surface area contributed by atoms with E-state index in [2.05, 4.69) is 0 Å². The van der Waals surface area contributed by atoms with Gasteiger partial charge >= 0.3 is 13.1 Å². The number of carboxylic acids is 1. The van der Waals surface area contributed by atoms with Crippen LogP contribution in [0.25, 0.3) is 0 Å². The Bertz CT molecular complexity index is 179. The minimum atomic E-state index is -0.922. The lowest BCUT2D eigenvalue weighted by atomic mass is 9.82. The van der Waals surface area contributed by atoms with Gasteiger partial charge in [0.15, 0.2) is 0 Å². The summed E-state index contributed by atoms with van der Waals surface area (Å²) in [6.07, 6.45) is 3.25. The second-order valence-electron chi connectivity index (χ2n) is 2.39. The van der Waals surface area contributed by atoms with Gasteiger partial charge in [-0.2, -0.15) is 0 Å². The third kappa shape index (κ3) is 2.73. The highest BCUT2D eigenvalue weighted by Crippen LogP contribution is 2.10. The van der Waals surface area contributed by atoms with Crippen LogP contribution in [-0.4, -0.2) is 29.3 Å². The molecule has 4 nitrogen and oxygen atoms in total. The number of carboxylic acid groups (broad SMARTS) is 1. The van der Waals surface area contributed by atoms with Crippen molar-refractivity contribution in [2.24, 2.45) is 0 Å². The average Bonchev–Trinajstić information content (AvgIpc) is 1.85. The lowest BCUT2D eigenvalue weighted by Gasteiger charge is -2.17. The molecule has 1 atom stereocenters. The van der Waals surface area contributed by atoms with E-state index in [9.17, 15) is 4.79 Å². The van der Waals surface area contributed by atoms with Gasteiger partial charge in [0.05, 0.1) is 12.5 Å². The van der Waals surface area contributed by atoms with Crippen molar-refractivity contribution in [2.45, 2.75) is 18.8 Å². The van der Waals surface area contributed by atoms with Gasteiger partial charge in [-0.1, -0.05) is 12.2 Å². The predicted molar refractivity (Wildman–Crippen MR) is 39.0 cm³/mol. The molecule has 2 N–H and O–H groups in total. The van der Waals surface area contributed by atoms with Crippen LogP contribution in [0.1, 0.15) is 6.42 Å². The highest BCUT2D eigenvalue weighted by molar-refractivity contribution is 6.43. The van der Waals surface area contributed by atoms with Crippen LogP contribution in [0.5, 0.6) is 0 Å². The highest BCUT2D eigenvalue weighted by atomic mass is 16.5. The molecule has 1 heterocycles. The largest absolute Gasteiger partial charge is 0.481 e. The topological polar surface area (TPSA) is 66.8 Å². The molecule has 5 heteroatoms. The second kappa shape index (κ2) is 3.55. The van der Waals surface area contributed by atoms with Gasteiger partial charge in [0.2, 0.25) is 0 Å². The van der Waals surface area contributed by atoms with Gasteiger partial charge in [0, 0.05) is 6.32 Å². The molecule has 0 fully saturated rings. The van der Waals surface area contributed by atoms with Gasteiger partial charge in [0.1, 0.15) is 0 Å². The van der Waals surface area contributed by atoms with Gasteiger partial charge < -0.3 is 14.8 Å². The first-order valence-electron chi connectivity index (χ1n) is 3.40. The Labute approximate surface area is 64.6 Å². The summed E-state index contributed by atoms with van der Waals surface area (Å²) in [5.41, 5.74) is 0. The Kier molecular flexibility index (Phi) is 2.67. The Hall–Kier alpha value is -0.805. The third-order valence-electron chi connectivity index (χ3n) is 1.40. The van der Waals surface area contributed by atoms with E-state index in [-0.39, 0.29) is 6.42 Å². The van der Waals surface area contributed by atoms with Crippen LogP contribution in [0.15, 0.2) is 12.2 Å². The van der Waals surface area contributed by atoms with Crippen molar-refractivity contribution in [1.29, 1.82) is 0 Å². The molecule has 1 aliphatic rings. The molecule has 60 valence electrons. The quantitative estimate of drug-likeness (QED) is 0.432. The van der Waals surface area contributed by atoms with E-state index >= 15 is 0 Å². The lowest BCUT2D eigenvalue weighted by Crippen LogP contribution is -2.28. The highest BCUT2D eigenvalue weighted by Gasteiger charge is 2.22. The van der Waals surface area contributed by atoms with E-state index in [4.69, 9.17) is 14.8 Å². The molecule has 0 aromatic rings. The van der Waals surface area contributed by atoms with Crippen LogP contribution >= 0.6 is 0 Å². The lowest BCUT2D eigenvalue weighted by molar-refractivity contribution is -0.138. The van der Waals surface area contributed by atoms with Crippen LogP contribution < -0.4 is 0 Å². The van der Waals surface area contributed by atoms with Crippen molar-refractivity contribution in [3.05, 3.63) is 12.2 Å². The molecular weight excluding hydrogens is 147 g/mol. The molecule has 0 amide bonds. The summed E-state index contributed by atoms with van der Waals surface area (Å²) in [4.78, 5) is 10.2. The van der Waals surface area contributed by atoms with E-state index < -0.39 is 19.2 Å². The van der Waals surface area contributed by atoms with E-state index in [0.29, 0.717) is 6.32 Å². The molecule has 0 bridgehead atoms. The first-order valence-corrected chi connectivity index (χ1v) is 3.40. The molecule has 1 unspecified atom stereocenters. The number of hydrogen-bond donors (Lipinski definition) is 2. The minimum absolute atomic E-state index is 0.0897. The Morgan fingerprint density at radius 1 is 1.82 bits per heavy atom. The summed E-state index contributed by atoms with van der Waals surface area (Å²) in [5, 5.41) is 17.3. The van der Waals surface area contributed by atoms with Crippen LogP contribution in [0.2, 0.25) is 6.32 Å². The first kappa shape index (κ1) is 8.29. The zero-order valence-electron chi connectivity index (χ0n) is 5.93.